The number of aromatic hydroxyl groups is 2. The van der Waals surface area contributed by atoms with Crippen LogP contribution in [0.4, 0.5) is 11.4 Å². The molecule has 0 aliphatic heterocycles. The fourth-order valence-electron chi connectivity index (χ4n) is 2.41. The largest absolute Gasteiger partial charge is 0.508 e. The predicted molar refractivity (Wildman–Crippen MR) is 102 cm³/mol. The Morgan fingerprint density at radius 2 is 1.81 bits per heavy atom. The first-order chi connectivity index (χ1) is 12.5. The molecule has 134 valence electrons. The minimum Gasteiger partial charge on any atom is -0.508 e. The smallest absolute Gasteiger partial charge is 0.269 e. The SMILES string of the molecule is C=CCc1cc(O)c(CC=C)c(/C=N/Nc2ccc([N+](=O)[O-])cc2)c1O. The van der Waals surface area contributed by atoms with E-state index in [1.165, 1.54) is 36.5 Å². The first-order valence-electron chi connectivity index (χ1n) is 7.80. The van der Waals surface area contributed by atoms with E-state index in [2.05, 4.69) is 23.7 Å². The van der Waals surface area contributed by atoms with E-state index >= 15 is 0 Å². The molecule has 7 heteroatoms. The van der Waals surface area contributed by atoms with Gasteiger partial charge in [0.15, 0.2) is 0 Å². The topological polar surface area (TPSA) is 108 Å². The van der Waals surface area contributed by atoms with Gasteiger partial charge in [0, 0.05) is 28.8 Å². The Hall–Kier alpha value is -3.61. The maximum Gasteiger partial charge on any atom is 0.269 e. The first kappa shape index (κ1) is 18.7. The number of rotatable bonds is 8. The monoisotopic (exact) mass is 353 g/mol. The van der Waals surface area contributed by atoms with Gasteiger partial charge in [-0.1, -0.05) is 12.2 Å². The van der Waals surface area contributed by atoms with E-state index in [4.69, 9.17) is 0 Å². The fraction of sp³-hybridized carbons (Fsp3) is 0.105. The van der Waals surface area contributed by atoms with E-state index in [1.54, 1.807) is 12.2 Å². The molecule has 2 aromatic carbocycles. The lowest BCUT2D eigenvalue weighted by Gasteiger charge is -2.12. The van der Waals surface area contributed by atoms with Crippen molar-refractivity contribution in [1.82, 2.24) is 0 Å². The number of non-ortho nitro benzene ring substituents is 1. The maximum absolute atomic E-state index is 10.7. The van der Waals surface area contributed by atoms with Crippen LogP contribution < -0.4 is 5.43 Å². The molecule has 0 amide bonds. The third-order valence-corrected chi connectivity index (χ3v) is 3.68. The number of hydrogen-bond acceptors (Lipinski definition) is 6. The summed E-state index contributed by atoms with van der Waals surface area (Å²) >= 11 is 0. The zero-order valence-corrected chi connectivity index (χ0v) is 14.1. The van der Waals surface area contributed by atoms with Crippen LogP contribution in [-0.4, -0.2) is 21.4 Å². The van der Waals surface area contributed by atoms with Crippen molar-refractivity contribution in [3.8, 4) is 11.5 Å². The van der Waals surface area contributed by atoms with Gasteiger partial charge in [0.1, 0.15) is 11.5 Å². The molecule has 3 N–H and O–H groups in total. The summed E-state index contributed by atoms with van der Waals surface area (Å²) in [7, 11) is 0. The Balaban J connectivity index is 2.30. The quantitative estimate of drug-likeness (QED) is 0.219. The van der Waals surface area contributed by atoms with Crippen molar-refractivity contribution in [3.05, 3.63) is 82.4 Å². The van der Waals surface area contributed by atoms with Crippen LogP contribution in [0.15, 0.2) is 60.7 Å². The molecule has 0 radical (unpaired) electrons. The minimum absolute atomic E-state index is 0.00815. The molecule has 0 heterocycles. The molecule has 0 aromatic heterocycles. The second kappa shape index (κ2) is 8.48. The molecule has 0 saturated carbocycles. The highest BCUT2D eigenvalue weighted by Gasteiger charge is 2.15. The van der Waals surface area contributed by atoms with Crippen molar-refractivity contribution in [2.75, 3.05) is 5.43 Å². The Kier molecular flexibility index (Phi) is 6.10. The van der Waals surface area contributed by atoms with Gasteiger partial charge in [-0.15, -0.1) is 13.2 Å². The second-order valence-electron chi connectivity index (χ2n) is 5.46. The second-order valence-corrected chi connectivity index (χ2v) is 5.46. The highest BCUT2D eigenvalue weighted by molar-refractivity contribution is 5.88. The minimum atomic E-state index is -0.486. The zero-order valence-electron chi connectivity index (χ0n) is 14.1. The molecular weight excluding hydrogens is 334 g/mol. The normalized spacial score (nSPS) is 10.6. The molecule has 0 atom stereocenters. The number of nitrogens with one attached hydrogen (secondary N) is 1. The Morgan fingerprint density at radius 1 is 1.15 bits per heavy atom. The van der Waals surface area contributed by atoms with E-state index in [-0.39, 0.29) is 17.2 Å². The van der Waals surface area contributed by atoms with Gasteiger partial charge in [-0.25, -0.2) is 0 Å². The predicted octanol–water partition coefficient (Wildman–Crippen LogP) is 3.91. The highest BCUT2D eigenvalue weighted by Crippen LogP contribution is 2.33. The summed E-state index contributed by atoms with van der Waals surface area (Å²) in [5, 5.41) is 35.4. The summed E-state index contributed by atoms with van der Waals surface area (Å²) in [6.45, 7) is 7.29. The summed E-state index contributed by atoms with van der Waals surface area (Å²) in [5.41, 5.74) is 4.66. The van der Waals surface area contributed by atoms with Crippen LogP contribution in [0.2, 0.25) is 0 Å². The third kappa shape index (κ3) is 4.27. The van der Waals surface area contributed by atoms with E-state index in [1.807, 2.05) is 0 Å². The van der Waals surface area contributed by atoms with E-state index in [0.29, 0.717) is 35.2 Å². The highest BCUT2D eigenvalue weighted by atomic mass is 16.6. The number of anilines is 1. The first-order valence-corrected chi connectivity index (χ1v) is 7.80. The van der Waals surface area contributed by atoms with Crippen LogP contribution in [-0.2, 0) is 12.8 Å². The van der Waals surface area contributed by atoms with Crippen LogP contribution in [0.3, 0.4) is 0 Å². The lowest BCUT2D eigenvalue weighted by atomic mass is 9.97. The molecule has 0 unspecified atom stereocenters. The number of phenols is 2. The molecule has 0 aliphatic carbocycles. The average Bonchev–Trinajstić information content (AvgIpc) is 2.62. The summed E-state index contributed by atoms with van der Waals surface area (Å²) in [4.78, 5) is 10.2. The maximum atomic E-state index is 10.7. The molecule has 2 rings (SSSR count). The summed E-state index contributed by atoms with van der Waals surface area (Å²) in [5.74, 6) is 0.0464. The van der Waals surface area contributed by atoms with E-state index in [9.17, 15) is 20.3 Å². The number of hydrogen-bond donors (Lipinski definition) is 3. The Labute approximate surface area is 150 Å². The number of nitro groups is 1. The summed E-state index contributed by atoms with van der Waals surface area (Å²) < 4.78 is 0. The van der Waals surface area contributed by atoms with Gasteiger partial charge in [0.05, 0.1) is 16.8 Å². The molecule has 0 bridgehead atoms. The van der Waals surface area contributed by atoms with Gasteiger partial charge < -0.3 is 10.2 Å². The van der Waals surface area contributed by atoms with Crippen molar-refractivity contribution in [1.29, 1.82) is 0 Å². The van der Waals surface area contributed by atoms with Gasteiger partial charge in [-0.3, -0.25) is 15.5 Å². The van der Waals surface area contributed by atoms with Crippen molar-refractivity contribution < 1.29 is 15.1 Å². The van der Waals surface area contributed by atoms with Crippen LogP contribution >= 0.6 is 0 Å². The molecular formula is C19H19N3O4. The standard InChI is InChI=1S/C19H19N3O4/c1-3-5-13-11-18(23)16(6-4-2)17(19(13)24)12-20-21-14-7-9-15(10-8-14)22(25)26/h3-4,7-12,21,23-24H,1-2,5-6H2/b20-12+. The Morgan fingerprint density at radius 3 is 2.38 bits per heavy atom. The Bertz CT molecular complexity index is 858. The lowest BCUT2D eigenvalue weighted by molar-refractivity contribution is -0.384. The summed E-state index contributed by atoms with van der Waals surface area (Å²) in [6, 6.07) is 7.25. The molecule has 7 nitrogen and oxygen atoms in total. The van der Waals surface area contributed by atoms with Gasteiger partial charge in [0.25, 0.3) is 5.69 Å². The average molecular weight is 353 g/mol. The van der Waals surface area contributed by atoms with Gasteiger partial charge in [0.2, 0.25) is 0 Å². The number of allylic oxidation sites excluding steroid dienone is 2. The number of phenolic OH excluding ortho intramolecular Hbond substituents is 2. The number of benzene rings is 2. The molecule has 0 spiro atoms. The summed E-state index contributed by atoms with van der Waals surface area (Å²) in [6.07, 6.45) is 5.37. The van der Waals surface area contributed by atoms with Gasteiger partial charge in [-0.05, 0) is 31.0 Å². The van der Waals surface area contributed by atoms with Crippen molar-refractivity contribution in [3.63, 3.8) is 0 Å². The number of nitro benzene ring substituents is 1. The molecule has 0 aliphatic rings. The van der Waals surface area contributed by atoms with Crippen molar-refractivity contribution in [2.45, 2.75) is 12.8 Å². The van der Waals surface area contributed by atoms with Gasteiger partial charge in [-0.2, -0.15) is 5.10 Å². The van der Waals surface area contributed by atoms with Crippen molar-refractivity contribution >= 4 is 17.6 Å². The van der Waals surface area contributed by atoms with E-state index < -0.39 is 4.92 Å². The molecule has 0 fully saturated rings. The van der Waals surface area contributed by atoms with E-state index in [0.717, 1.165) is 0 Å². The van der Waals surface area contributed by atoms with Crippen LogP contribution in [0.25, 0.3) is 0 Å². The van der Waals surface area contributed by atoms with Crippen molar-refractivity contribution in [2.24, 2.45) is 5.10 Å². The van der Waals surface area contributed by atoms with Crippen LogP contribution in [0.1, 0.15) is 16.7 Å². The number of nitrogens with zero attached hydrogens (tertiary/aromatic N) is 2. The molecule has 0 saturated heterocycles. The van der Waals surface area contributed by atoms with Crippen LogP contribution in [0, 0.1) is 10.1 Å². The number of hydrazone groups is 1. The fourth-order valence-corrected chi connectivity index (χ4v) is 2.41. The lowest BCUT2D eigenvalue weighted by Crippen LogP contribution is -1.99. The van der Waals surface area contributed by atoms with Crippen LogP contribution in [0.5, 0.6) is 11.5 Å². The third-order valence-electron chi connectivity index (χ3n) is 3.68. The zero-order chi connectivity index (χ0) is 19.1. The van der Waals surface area contributed by atoms with Gasteiger partial charge >= 0.3 is 0 Å². The molecule has 26 heavy (non-hydrogen) atoms. The molecule has 2 aromatic rings.